The summed E-state index contributed by atoms with van der Waals surface area (Å²) in [6.45, 7) is 9.58. The van der Waals surface area contributed by atoms with Crippen molar-refractivity contribution in [3.63, 3.8) is 0 Å². The van der Waals surface area contributed by atoms with Crippen molar-refractivity contribution in [2.24, 2.45) is 0 Å². The van der Waals surface area contributed by atoms with Gasteiger partial charge in [-0.1, -0.05) is 27.7 Å². The SMILES string of the molecule is CCCOCc1nc(N)c(I)c(C(C)(C)C)n1. The van der Waals surface area contributed by atoms with E-state index in [-0.39, 0.29) is 5.41 Å². The first-order chi connectivity index (χ1) is 7.86. The van der Waals surface area contributed by atoms with Crippen molar-refractivity contribution in [1.82, 2.24) is 9.97 Å². The largest absolute Gasteiger partial charge is 0.383 e. The molecule has 0 aliphatic carbocycles. The minimum atomic E-state index is -0.0346. The molecule has 1 aromatic rings. The standard InChI is InChI=1S/C12H20IN3O/c1-5-6-17-7-8-15-10(12(2,3)4)9(13)11(14)16-8/h5-7H2,1-4H3,(H2,14,15,16). The summed E-state index contributed by atoms with van der Waals surface area (Å²) in [5.74, 6) is 1.21. The molecule has 2 N–H and O–H groups in total. The average Bonchev–Trinajstić information content (AvgIpc) is 2.21. The molecule has 0 bridgehead atoms. The predicted molar refractivity (Wildman–Crippen MR) is 77.8 cm³/mol. The maximum Gasteiger partial charge on any atom is 0.156 e. The van der Waals surface area contributed by atoms with E-state index in [1.165, 1.54) is 0 Å². The highest BCUT2D eigenvalue weighted by atomic mass is 127. The molecule has 0 aromatic carbocycles. The Morgan fingerprint density at radius 3 is 2.47 bits per heavy atom. The molecule has 0 atom stereocenters. The Bertz CT molecular complexity index is 388. The number of ether oxygens (including phenoxy) is 1. The minimum absolute atomic E-state index is 0.0346. The summed E-state index contributed by atoms with van der Waals surface area (Å²) in [5, 5.41) is 0. The van der Waals surface area contributed by atoms with Gasteiger partial charge in [0.05, 0.1) is 9.26 Å². The lowest BCUT2D eigenvalue weighted by Gasteiger charge is -2.20. The fourth-order valence-electron chi connectivity index (χ4n) is 1.38. The molecule has 17 heavy (non-hydrogen) atoms. The maximum atomic E-state index is 5.91. The van der Waals surface area contributed by atoms with Gasteiger partial charge < -0.3 is 10.5 Å². The first-order valence-electron chi connectivity index (χ1n) is 5.76. The molecule has 5 heteroatoms. The molecule has 4 nitrogen and oxygen atoms in total. The smallest absolute Gasteiger partial charge is 0.156 e. The monoisotopic (exact) mass is 349 g/mol. The fourth-order valence-corrected chi connectivity index (χ4v) is 2.43. The van der Waals surface area contributed by atoms with E-state index in [1.807, 2.05) is 0 Å². The van der Waals surface area contributed by atoms with Gasteiger partial charge in [-0.25, -0.2) is 9.97 Å². The van der Waals surface area contributed by atoms with Gasteiger partial charge in [-0.3, -0.25) is 0 Å². The lowest BCUT2D eigenvalue weighted by atomic mass is 9.92. The van der Waals surface area contributed by atoms with Crippen molar-refractivity contribution in [3.05, 3.63) is 15.1 Å². The number of nitrogens with zero attached hydrogens (tertiary/aromatic N) is 2. The van der Waals surface area contributed by atoms with E-state index >= 15 is 0 Å². The summed E-state index contributed by atoms with van der Waals surface area (Å²) < 4.78 is 6.39. The van der Waals surface area contributed by atoms with Gasteiger partial charge in [-0.2, -0.15) is 0 Å². The van der Waals surface area contributed by atoms with E-state index in [0.29, 0.717) is 18.2 Å². The highest BCUT2D eigenvalue weighted by Crippen LogP contribution is 2.28. The molecule has 0 spiro atoms. The van der Waals surface area contributed by atoms with Gasteiger partial charge in [0.15, 0.2) is 5.82 Å². The van der Waals surface area contributed by atoms with Crippen LogP contribution in [-0.2, 0) is 16.8 Å². The zero-order chi connectivity index (χ0) is 13.1. The summed E-state index contributed by atoms with van der Waals surface area (Å²) in [7, 11) is 0. The van der Waals surface area contributed by atoms with Crippen LogP contribution in [0.1, 0.15) is 45.6 Å². The van der Waals surface area contributed by atoms with E-state index < -0.39 is 0 Å². The van der Waals surface area contributed by atoms with E-state index in [9.17, 15) is 0 Å². The molecule has 0 unspecified atom stereocenters. The predicted octanol–water partition coefficient (Wildman–Crippen LogP) is 2.89. The number of hydrogen-bond donors (Lipinski definition) is 1. The van der Waals surface area contributed by atoms with Gasteiger partial charge in [-0.15, -0.1) is 0 Å². The summed E-state index contributed by atoms with van der Waals surface area (Å²) in [4.78, 5) is 8.81. The molecular weight excluding hydrogens is 329 g/mol. The number of aromatic nitrogens is 2. The van der Waals surface area contributed by atoms with Crippen molar-refractivity contribution in [1.29, 1.82) is 0 Å². The highest BCUT2D eigenvalue weighted by molar-refractivity contribution is 14.1. The molecule has 1 heterocycles. The molecule has 0 fully saturated rings. The lowest BCUT2D eigenvalue weighted by Crippen LogP contribution is -2.19. The second kappa shape index (κ2) is 5.95. The van der Waals surface area contributed by atoms with Crippen LogP contribution in [0.3, 0.4) is 0 Å². The van der Waals surface area contributed by atoms with Crippen LogP contribution in [0.15, 0.2) is 0 Å². The van der Waals surface area contributed by atoms with Crippen molar-refractivity contribution >= 4 is 28.4 Å². The number of anilines is 1. The molecule has 96 valence electrons. The fraction of sp³-hybridized carbons (Fsp3) is 0.667. The van der Waals surface area contributed by atoms with Gasteiger partial charge in [0.2, 0.25) is 0 Å². The number of halogens is 1. The molecule has 0 saturated carbocycles. The van der Waals surface area contributed by atoms with Crippen LogP contribution in [0.5, 0.6) is 0 Å². The summed E-state index contributed by atoms with van der Waals surface area (Å²) in [6.07, 6.45) is 0.992. The topological polar surface area (TPSA) is 61.0 Å². The molecule has 0 radical (unpaired) electrons. The highest BCUT2D eigenvalue weighted by Gasteiger charge is 2.22. The normalized spacial score (nSPS) is 11.8. The second-order valence-electron chi connectivity index (χ2n) is 4.99. The van der Waals surface area contributed by atoms with Gasteiger partial charge in [-0.05, 0) is 29.0 Å². The number of hydrogen-bond acceptors (Lipinski definition) is 4. The zero-order valence-corrected chi connectivity index (χ0v) is 13.0. The molecule has 1 rings (SSSR count). The lowest BCUT2D eigenvalue weighted by molar-refractivity contribution is 0.116. The molecular formula is C12H20IN3O. The van der Waals surface area contributed by atoms with Gasteiger partial charge in [0, 0.05) is 12.0 Å². The summed E-state index contributed by atoms with van der Waals surface area (Å²) in [6, 6.07) is 0. The molecule has 0 amide bonds. The Hall–Kier alpha value is -0.430. The third kappa shape index (κ3) is 4.06. The minimum Gasteiger partial charge on any atom is -0.383 e. The van der Waals surface area contributed by atoms with Crippen LogP contribution in [0.25, 0.3) is 0 Å². The third-order valence-corrected chi connectivity index (χ3v) is 3.28. The summed E-state index contributed by atoms with van der Waals surface area (Å²) in [5.41, 5.74) is 6.86. The van der Waals surface area contributed by atoms with Crippen LogP contribution in [-0.4, -0.2) is 16.6 Å². The van der Waals surface area contributed by atoms with E-state index in [2.05, 4.69) is 60.3 Å². The van der Waals surface area contributed by atoms with Crippen molar-refractivity contribution in [2.75, 3.05) is 12.3 Å². The van der Waals surface area contributed by atoms with Gasteiger partial charge >= 0.3 is 0 Å². The van der Waals surface area contributed by atoms with Crippen molar-refractivity contribution in [3.8, 4) is 0 Å². The van der Waals surface area contributed by atoms with Crippen LogP contribution in [0, 0.1) is 3.57 Å². The third-order valence-electron chi connectivity index (χ3n) is 2.21. The van der Waals surface area contributed by atoms with Gasteiger partial charge in [0.1, 0.15) is 12.4 Å². The second-order valence-corrected chi connectivity index (χ2v) is 6.07. The zero-order valence-electron chi connectivity index (χ0n) is 10.9. The molecule has 1 aromatic heterocycles. The first-order valence-corrected chi connectivity index (χ1v) is 6.84. The Balaban J connectivity index is 2.98. The molecule has 0 aliphatic heterocycles. The van der Waals surface area contributed by atoms with Crippen LogP contribution in [0.2, 0.25) is 0 Å². The quantitative estimate of drug-likeness (QED) is 0.671. The molecule has 0 aliphatic rings. The maximum absolute atomic E-state index is 5.91. The number of nitrogen functional groups attached to an aromatic ring is 1. The molecule has 0 saturated heterocycles. The van der Waals surface area contributed by atoms with E-state index in [1.54, 1.807) is 0 Å². The number of nitrogens with two attached hydrogens (primary N) is 1. The van der Waals surface area contributed by atoms with E-state index in [4.69, 9.17) is 10.5 Å². The Kier molecular flexibility index (Phi) is 5.12. The van der Waals surface area contributed by atoms with Crippen LogP contribution in [0.4, 0.5) is 5.82 Å². The van der Waals surface area contributed by atoms with Crippen LogP contribution >= 0.6 is 22.6 Å². The van der Waals surface area contributed by atoms with Crippen molar-refractivity contribution < 1.29 is 4.74 Å². The van der Waals surface area contributed by atoms with Crippen molar-refractivity contribution in [2.45, 2.75) is 46.1 Å². The Labute approximate surface area is 117 Å². The van der Waals surface area contributed by atoms with Gasteiger partial charge in [0.25, 0.3) is 0 Å². The van der Waals surface area contributed by atoms with Crippen LogP contribution < -0.4 is 5.73 Å². The number of rotatable bonds is 4. The Morgan fingerprint density at radius 1 is 1.29 bits per heavy atom. The van der Waals surface area contributed by atoms with E-state index in [0.717, 1.165) is 22.3 Å². The summed E-state index contributed by atoms with van der Waals surface area (Å²) >= 11 is 2.20. The first kappa shape index (κ1) is 14.6. The Morgan fingerprint density at radius 2 is 1.94 bits per heavy atom. The average molecular weight is 349 g/mol.